The number of para-hydroxylation sites is 1. The van der Waals surface area contributed by atoms with E-state index in [9.17, 15) is 4.79 Å². The lowest BCUT2D eigenvalue weighted by atomic mass is 10.1. The van der Waals surface area contributed by atoms with Crippen LogP contribution in [0.2, 0.25) is 0 Å². The summed E-state index contributed by atoms with van der Waals surface area (Å²) in [4.78, 5) is 22.1. The Bertz CT molecular complexity index is 1240. The number of aryl methyl sites for hydroxylation is 1. The van der Waals surface area contributed by atoms with E-state index >= 15 is 0 Å². The molecule has 0 spiro atoms. The number of nitrogens with zero attached hydrogens (tertiary/aromatic N) is 3. The standard InChI is InChI=1S/C27H28N4O3/c1-18-8-13-23-25(16-18)34-24-7-5-4-6-22(24)26(29-23)30-14-15-31(19(2)17-30)27(32)28-20-9-11-21(33-3)12-10-20/h4-13,16,19H,14-15,17H2,1-3H3,(H,28,32). The van der Waals surface area contributed by atoms with E-state index < -0.39 is 0 Å². The third-order valence-electron chi connectivity index (χ3n) is 6.22. The molecule has 2 aliphatic heterocycles. The Balaban J connectivity index is 1.36. The van der Waals surface area contributed by atoms with Crippen LogP contribution < -0.4 is 14.8 Å². The summed E-state index contributed by atoms with van der Waals surface area (Å²) in [6.45, 7) is 6.05. The molecular formula is C27H28N4O3. The fraction of sp³-hybridized carbons (Fsp3) is 0.259. The maximum atomic E-state index is 13.0. The molecule has 3 aromatic carbocycles. The molecule has 0 bridgehead atoms. The van der Waals surface area contributed by atoms with Crippen LogP contribution in [-0.2, 0) is 0 Å². The van der Waals surface area contributed by atoms with Crippen molar-refractivity contribution >= 4 is 23.2 Å². The van der Waals surface area contributed by atoms with Crippen LogP contribution in [0.5, 0.6) is 17.2 Å². The number of nitrogens with one attached hydrogen (secondary N) is 1. The molecule has 1 N–H and O–H groups in total. The van der Waals surface area contributed by atoms with Gasteiger partial charge < -0.3 is 24.6 Å². The molecular weight excluding hydrogens is 428 g/mol. The number of methoxy groups -OCH3 is 1. The van der Waals surface area contributed by atoms with Gasteiger partial charge in [-0.1, -0.05) is 18.2 Å². The van der Waals surface area contributed by atoms with Crippen molar-refractivity contribution in [3.8, 4) is 17.2 Å². The molecule has 1 atom stereocenters. The number of hydrogen-bond acceptors (Lipinski definition) is 5. The summed E-state index contributed by atoms with van der Waals surface area (Å²) >= 11 is 0. The van der Waals surface area contributed by atoms with Crippen molar-refractivity contribution in [2.45, 2.75) is 19.9 Å². The number of carbonyl (C=O) groups is 1. The molecule has 7 nitrogen and oxygen atoms in total. The third-order valence-corrected chi connectivity index (χ3v) is 6.22. The predicted octanol–water partition coefficient (Wildman–Crippen LogP) is 5.43. The van der Waals surface area contributed by atoms with Crippen molar-refractivity contribution in [2.75, 3.05) is 32.1 Å². The van der Waals surface area contributed by atoms with Crippen molar-refractivity contribution in [3.05, 3.63) is 77.9 Å². The van der Waals surface area contributed by atoms with Gasteiger partial charge in [-0.15, -0.1) is 0 Å². The summed E-state index contributed by atoms with van der Waals surface area (Å²) in [7, 11) is 1.62. The fourth-order valence-electron chi connectivity index (χ4n) is 4.39. The Kier molecular flexibility index (Phi) is 5.84. The van der Waals surface area contributed by atoms with Crippen LogP contribution >= 0.6 is 0 Å². The molecule has 2 heterocycles. The lowest BCUT2D eigenvalue weighted by Gasteiger charge is -2.41. The number of fused-ring (bicyclic) bond motifs is 2. The lowest BCUT2D eigenvalue weighted by molar-refractivity contribution is 0.145. The summed E-state index contributed by atoms with van der Waals surface area (Å²) in [6.07, 6.45) is 0. The minimum Gasteiger partial charge on any atom is -0.497 e. The molecule has 0 aromatic heterocycles. The summed E-state index contributed by atoms with van der Waals surface area (Å²) in [5.74, 6) is 3.18. The van der Waals surface area contributed by atoms with Gasteiger partial charge in [0.25, 0.3) is 0 Å². The molecule has 2 aliphatic rings. The Morgan fingerprint density at radius 2 is 1.85 bits per heavy atom. The van der Waals surface area contributed by atoms with Crippen molar-refractivity contribution in [1.82, 2.24) is 9.80 Å². The van der Waals surface area contributed by atoms with Gasteiger partial charge in [-0.2, -0.15) is 0 Å². The lowest BCUT2D eigenvalue weighted by Crippen LogP contribution is -2.56. The Morgan fingerprint density at radius 1 is 1.06 bits per heavy atom. The number of aliphatic imine (C=N–C) groups is 1. The van der Waals surface area contributed by atoms with Gasteiger partial charge in [0.15, 0.2) is 5.75 Å². The highest BCUT2D eigenvalue weighted by Crippen LogP contribution is 2.39. The molecule has 2 amide bonds. The van der Waals surface area contributed by atoms with Crippen LogP contribution in [0.1, 0.15) is 18.1 Å². The van der Waals surface area contributed by atoms with Gasteiger partial charge in [-0.05, 0) is 67.9 Å². The largest absolute Gasteiger partial charge is 0.497 e. The quantitative estimate of drug-likeness (QED) is 0.559. The number of carbonyl (C=O) groups excluding carboxylic acids is 1. The van der Waals surface area contributed by atoms with Gasteiger partial charge in [0.05, 0.1) is 12.7 Å². The van der Waals surface area contributed by atoms with E-state index in [1.807, 2.05) is 78.6 Å². The van der Waals surface area contributed by atoms with Crippen molar-refractivity contribution < 1.29 is 14.3 Å². The molecule has 0 radical (unpaired) electrons. The number of hydrogen-bond donors (Lipinski definition) is 1. The van der Waals surface area contributed by atoms with Gasteiger partial charge in [0.1, 0.15) is 23.0 Å². The van der Waals surface area contributed by atoms with Crippen molar-refractivity contribution in [3.63, 3.8) is 0 Å². The zero-order chi connectivity index (χ0) is 23.7. The van der Waals surface area contributed by atoms with Crippen molar-refractivity contribution in [1.29, 1.82) is 0 Å². The van der Waals surface area contributed by atoms with E-state index in [1.54, 1.807) is 7.11 Å². The van der Waals surface area contributed by atoms with Crippen LogP contribution in [-0.4, -0.2) is 54.5 Å². The highest BCUT2D eigenvalue weighted by molar-refractivity contribution is 6.04. The van der Waals surface area contributed by atoms with E-state index in [2.05, 4.69) is 17.1 Å². The van der Waals surface area contributed by atoms with Gasteiger partial charge in [0.2, 0.25) is 0 Å². The number of rotatable bonds is 2. The third kappa shape index (κ3) is 4.29. The van der Waals surface area contributed by atoms with Gasteiger partial charge in [-0.25, -0.2) is 9.79 Å². The molecule has 5 rings (SSSR count). The summed E-state index contributed by atoms with van der Waals surface area (Å²) in [5.41, 5.74) is 3.63. The van der Waals surface area contributed by atoms with E-state index in [4.69, 9.17) is 14.5 Å². The molecule has 0 saturated carbocycles. The minimum atomic E-state index is -0.107. The summed E-state index contributed by atoms with van der Waals surface area (Å²) in [6, 6.07) is 21.3. The first-order chi connectivity index (χ1) is 16.5. The highest BCUT2D eigenvalue weighted by atomic mass is 16.5. The molecule has 1 unspecified atom stereocenters. The molecule has 1 fully saturated rings. The number of piperazine rings is 1. The van der Waals surface area contributed by atoms with Crippen LogP contribution in [0.3, 0.4) is 0 Å². The number of amidine groups is 1. The van der Waals surface area contributed by atoms with Crippen LogP contribution in [0.15, 0.2) is 71.7 Å². The molecule has 0 aliphatic carbocycles. The zero-order valence-electron chi connectivity index (χ0n) is 19.6. The van der Waals surface area contributed by atoms with E-state index in [0.717, 1.165) is 45.6 Å². The fourth-order valence-corrected chi connectivity index (χ4v) is 4.39. The average Bonchev–Trinajstić information content (AvgIpc) is 3.00. The molecule has 34 heavy (non-hydrogen) atoms. The summed E-state index contributed by atoms with van der Waals surface area (Å²) < 4.78 is 11.4. The maximum absolute atomic E-state index is 13.0. The van der Waals surface area contributed by atoms with Crippen LogP contribution in [0.4, 0.5) is 16.2 Å². The highest BCUT2D eigenvalue weighted by Gasteiger charge is 2.31. The Morgan fingerprint density at radius 3 is 2.62 bits per heavy atom. The van der Waals surface area contributed by atoms with E-state index in [-0.39, 0.29) is 12.1 Å². The second-order valence-corrected chi connectivity index (χ2v) is 8.65. The first-order valence-electron chi connectivity index (χ1n) is 11.4. The Labute approximate surface area is 199 Å². The zero-order valence-corrected chi connectivity index (χ0v) is 19.6. The second kappa shape index (κ2) is 9.09. The van der Waals surface area contributed by atoms with Crippen molar-refractivity contribution in [2.24, 2.45) is 4.99 Å². The summed E-state index contributed by atoms with van der Waals surface area (Å²) in [5, 5.41) is 2.99. The van der Waals surface area contributed by atoms with Crippen LogP contribution in [0, 0.1) is 6.92 Å². The molecule has 7 heteroatoms. The topological polar surface area (TPSA) is 66.4 Å². The minimum absolute atomic E-state index is 0.00326. The normalized spacial score (nSPS) is 17.0. The van der Waals surface area contributed by atoms with Crippen LogP contribution in [0.25, 0.3) is 0 Å². The number of anilines is 1. The number of benzene rings is 3. The monoisotopic (exact) mass is 456 g/mol. The molecule has 1 saturated heterocycles. The molecule has 3 aromatic rings. The number of amides is 2. The maximum Gasteiger partial charge on any atom is 0.322 e. The Hall–Kier alpha value is -4.00. The number of ether oxygens (including phenoxy) is 2. The molecule has 174 valence electrons. The smallest absolute Gasteiger partial charge is 0.322 e. The number of urea groups is 1. The van der Waals surface area contributed by atoms with Gasteiger partial charge >= 0.3 is 6.03 Å². The average molecular weight is 457 g/mol. The predicted molar refractivity (Wildman–Crippen MR) is 134 cm³/mol. The van der Waals surface area contributed by atoms with E-state index in [0.29, 0.717) is 19.6 Å². The first kappa shape index (κ1) is 21.8. The second-order valence-electron chi connectivity index (χ2n) is 8.65. The first-order valence-corrected chi connectivity index (χ1v) is 11.4. The van der Waals surface area contributed by atoms with Gasteiger partial charge in [0, 0.05) is 31.4 Å². The van der Waals surface area contributed by atoms with E-state index in [1.165, 1.54) is 0 Å². The SMILES string of the molecule is COc1ccc(NC(=O)N2CCN(C3=Nc4ccc(C)cc4Oc4ccccc43)CC2C)cc1. The van der Waals surface area contributed by atoms with Gasteiger partial charge in [-0.3, -0.25) is 0 Å².